The summed E-state index contributed by atoms with van der Waals surface area (Å²) in [5, 5.41) is 0. The number of rotatable bonds is 5. The summed E-state index contributed by atoms with van der Waals surface area (Å²) in [6, 6.07) is 2.27. The van der Waals surface area contributed by atoms with Gasteiger partial charge in [-0.3, -0.25) is 0 Å². The quantitative estimate of drug-likeness (QED) is 0.538. The van der Waals surface area contributed by atoms with Crippen LogP contribution in [0.4, 0.5) is 5.69 Å². The van der Waals surface area contributed by atoms with E-state index in [1.54, 1.807) is 0 Å². The third-order valence-electron chi connectivity index (χ3n) is 7.05. The summed E-state index contributed by atoms with van der Waals surface area (Å²) in [5.41, 5.74) is 9.48. The van der Waals surface area contributed by atoms with Gasteiger partial charge in [-0.1, -0.05) is 31.2 Å². The van der Waals surface area contributed by atoms with E-state index in [0.29, 0.717) is 5.92 Å². The van der Waals surface area contributed by atoms with Gasteiger partial charge in [-0.15, -0.1) is 0 Å². The molecule has 0 radical (unpaired) electrons. The molecule has 1 atom stereocenters. The van der Waals surface area contributed by atoms with E-state index in [9.17, 15) is 0 Å². The maximum Gasteiger partial charge on any atom is 0.144 e. The van der Waals surface area contributed by atoms with Crippen molar-refractivity contribution in [2.24, 2.45) is 0 Å². The van der Waals surface area contributed by atoms with Crippen molar-refractivity contribution in [1.82, 2.24) is 19.4 Å². The predicted molar refractivity (Wildman–Crippen MR) is 131 cm³/mol. The molecule has 1 unspecified atom stereocenters. The molecule has 2 aliphatic rings. The summed E-state index contributed by atoms with van der Waals surface area (Å²) in [4.78, 5) is 17.3. The fourth-order valence-electron chi connectivity index (χ4n) is 5.37. The van der Waals surface area contributed by atoms with E-state index >= 15 is 0 Å². The van der Waals surface area contributed by atoms with Gasteiger partial charge in [0.15, 0.2) is 0 Å². The highest BCUT2D eigenvalue weighted by Gasteiger charge is 2.20. The minimum atomic E-state index is 0.443. The number of nitrogens with zero attached hydrogens (tertiary/aromatic N) is 5. The Labute approximate surface area is 190 Å². The van der Waals surface area contributed by atoms with Crippen molar-refractivity contribution in [3.05, 3.63) is 70.2 Å². The van der Waals surface area contributed by atoms with Gasteiger partial charge in [0.05, 0.1) is 22.8 Å². The van der Waals surface area contributed by atoms with Crippen LogP contribution >= 0.6 is 0 Å². The van der Waals surface area contributed by atoms with Crippen molar-refractivity contribution in [3.8, 4) is 0 Å². The second-order valence-corrected chi connectivity index (χ2v) is 9.13. The topological polar surface area (TPSA) is 46.3 Å². The van der Waals surface area contributed by atoms with Crippen LogP contribution in [0.5, 0.6) is 0 Å². The highest BCUT2D eigenvalue weighted by molar-refractivity contribution is 5.72. The Kier molecular flexibility index (Phi) is 5.58. The molecular formula is C27H33N5. The van der Waals surface area contributed by atoms with E-state index in [2.05, 4.69) is 73.6 Å². The van der Waals surface area contributed by atoms with Crippen LogP contribution in [0.25, 0.3) is 11.7 Å². The highest BCUT2D eigenvalue weighted by Crippen LogP contribution is 2.31. The van der Waals surface area contributed by atoms with Crippen LogP contribution in [0.3, 0.4) is 0 Å². The van der Waals surface area contributed by atoms with Gasteiger partial charge in [0, 0.05) is 42.9 Å². The number of imidazole rings is 1. The summed E-state index contributed by atoms with van der Waals surface area (Å²) < 4.78 is 2.24. The average molecular weight is 428 g/mol. The first-order chi connectivity index (χ1) is 15.6. The molecule has 0 bridgehead atoms. The molecule has 166 valence electrons. The Morgan fingerprint density at radius 1 is 0.969 bits per heavy atom. The largest absolute Gasteiger partial charge is 0.369 e. The Morgan fingerprint density at radius 3 is 2.44 bits per heavy atom. The fraction of sp³-hybridized carbons (Fsp3) is 0.444. The summed E-state index contributed by atoms with van der Waals surface area (Å²) >= 11 is 0. The lowest BCUT2D eigenvalue weighted by atomic mass is 9.94. The molecular weight excluding hydrogens is 394 g/mol. The lowest BCUT2D eigenvalue weighted by Gasteiger charge is -2.21. The molecule has 0 N–H and O–H groups in total. The predicted octanol–water partition coefficient (Wildman–Crippen LogP) is 5.51. The fourth-order valence-corrected chi connectivity index (χ4v) is 5.37. The number of hydrogen-bond donors (Lipinski definition) is 0. The zero-order chi connectivity index (χ0) is 22.2. The van der Waals surface area contributed by atoms with Crippen LogP contribution in [-0.2, 0) is 12.8 Å². The van der Waals surface area contributed by atoms with Crippen LogP contribution < -0.4 is 4.90 Å². The third kappa shape index (κ3) is 3.64. The van der Waals surface area contributed by atoms with Gasteiger partial charge >= 0.3 is 0 Å². The van der Waals surface area contributed by atoms with E-state index in [4.69, 9.17) is 15.0 Å². The van der Waals surface area contributed by atoms with Gasteiger partial charge in [-0.25, -0.2) is 15.0 Å². The van der Waals surface area contributed by atoms with Crippen LogP contribution in [-0.4, -0.2) is 32.4 Å². The van der Waals surface area contributed by atoms with Gasteiger partial charge < -0.3 is 9.30 Å². The zero-order valence-corrected chi connectivity index (χ0v) is 19.7. The molecule has 1 saturated heterocycles. The van der Waals surface area contributed by atoms with E-state index < -0.39 is 0 Å². The Hall–Kier alpha value is -2.95. The minimum Gasteiger partial charge on any atom is -0.369 e. The number of pyridine rings is 1. The monoisotopic (exact) mass is 427 g/mol. The van der Waals surface area contributed by atoms with Crippen LogP contribution in [0, 0.1) is 20.8 Å². The lowest BCUT2D eigenvalue weighted by Crippen LogP contribution is -2.21. The molecule has 5 rings (SSSR count). The maximum atomic E-state index is 5.10. The second-order valence-electron chi connectivity index (χ2n) is 9.13. The number of aryl methyl sites for hydroxylation is 5. The Bertz CT molecular complexity index is 1190. The Balaban J connectivity index is 1.43. The highest BCUT2D eigenvalue weighted by atomic mass is 15.2. The molecule has 5 nitrogen and oxygen atoms in total. The number of allylic oxidation sites excluding steroid dienone is 3. The van der Waals surface area contributed by atoms with Gasteiger partial charge in [-0.05, 0) is 58.1 Å². The molecule has 0 amide bonds. The summed E-state index contributed by atoms with van der Waals surface area (Å²) in [7, 11) is 0. The minimum absolute atomic E-state index is 0.443. The van der Waals surface area contributed by atoms with Crippen LogP contribution in [0.15, 0.2) is 30.5 Å². The number of anilines is 1. The lowest BCUT2D eigenvalue weighted by molar-refractivity contribution is 0.802. The molecule has 1 aliphatic carbocycles. The summed E-state index contributed by atoms with van der Waals surface area (Å²) in [6.45, 7) is 10.9. The van der Waals surface area contributed by atoms with Crippen molar-refractivity contribution in [1.29, 1.82) is 0 Å². The van der Waals surface area contributed by atoms with E-state index in [0.717, 1.165) is 60.9 Å². The van der Waals surface area contributed by atoms with Crippen molar-refractivity contribution in [2.45, 2.75) is 65.7 Å². The van der Waals surface area contributed by atoms with Crippen molar-refractivity contribution in [2.75, 3.05) is 18.0 Å². The van der Waals surface area contributed by atoms with Crippen LogP contribution in [0.2, 0.25) is 0 Å². The Morgan fingerprint density at radius 2 is 1.72 bits per heavy atom. The molecule has 32 heavy (non-hydrogen) atoms. The maximum absolute atomic E-state index is 5.10. The van der Waals surface area contributed by atoms with E-state index in [1.807, 2.05) is 0 Å². The van der Waals surface area contributed by atoms with E-state index in [-0.39, 0.29) is 0 Å². The molecule has 3 aromatic heterocycles. The molecule has 1 fully saturated rings. The molecule has 0 aromatic carbocycles. The second kappa shape index (κ2) is 8.53. The number of aromatic nitrogens is 4. The molecule has 0 spiro atoms. The molecule has 5 heteroatoms. The normalized spacial score (nSPS) is 17.9. The molecule has 3 aromatic rings. The van der Waals surface area contributed by atoms with Gasteiger partial charge in [-0.2, -0.15) is 0 Å². The molecule has 1 aliphatic heterocycles. The first-order valence-corrected chi connectivity index (χ1v) is 12.0. The first kappa shape index (κ1) is 20.9. The number of hydrogen-bond acceptors (Lipinski definition) is 4. The van der Waals surface area contributed by atoms with Gasteiger partial charge in [0.1, 0.15) is 11.5 Å². The number of fused-ring (bicyclic) bond motifs is 3. The molecule has 4 heterocycles. The summed E-state index contributed by atoms with van der Waals surface area (Å²) in [5.74, 6) is 1.37. The third-order valence-corrected chi connectivity index (χ3v) is 7.05. The summed E-state index contributed by atoms with van der Waals surface area (Å²) in [6.07, 6.45) is 16.3. The van der Waals surface area contributed by atoms with Crippen LogP contribution in [0.1, 0.15) is 71.8 Å². The SMILES string of the molecule is CCC1C=CC=Cc2c1ccn1c(C)c(CCc3nc(C)c(N4CCCC4)c(C)n3)nc21. The molecule has 0 saturated carbocycles. The van der Waals surface area contributed by atoms with Gasteiger partial charge in [0.25, 0.3) is 0 Å². The van der Waals surface area contributed by atoms with Crippen molar-refractivity contribution < 1.29 is 0 Å². The smallest absolute Gasteiger partial charge is 0.144 e. The van der Waals surface area contributed by atoms with Crippen molar-refractivity contribution >= 4 is 17.4 Å². The van der Waals surface area contributed by atoms with E-state index in [1.165, 1.54) is 35.3 Å². The standard InChI is InChI=1S/C27H33N5/c1-5-21-10-6-7-11-23-22(21)14-17-32-20(4)24(30-27(23)32)12-13-25-28-18(2)26(19(3)29-25)31-15-8-9-16-31/h6-7,10-11,14,17,21H,5,8-9,12-13,15-16H2,1-4H3. The van der Waals surface area contributed by atoms with Gasteiger partial charge in [0.2, 0.25) is 0 Å². The first-order valence-electron chi connectivity index (χ1n) is 12.0. The average Bonchev–Trinajstić information content (AvgIpc) is 3.35. The van der Waals surface area contributed by atoms with Crippen molar-refractivity contribution in [3.63, 3.8) is 0 Å². The zero-order valence-electron chi connectivity index (χ0n) is 19.7.